The van der Waals surface area contributed by atoms with Crippen LogP contribution in [0.4, 0.5) is 13.2 Å². The monoisotopic (exact) mass is 223 g/mol. The van der Waals surface area contributed by atoms with E-state index < -0.39 is 22.7 Å². The summed E-state index contributed by atoms with van der Waals surface area (Å²) in [7, 11) is -1.73. The number of hydrogen-bond donors (Lipinski definition) is 1. The van der Waals surface area contributed by atoms with E-state index in [-0.39, 0.29) is 11.3 Å². The van der Waals surface area contributed by atoms with Crippen molar-refractivity contribution >= 4 is 11.0 Å². The molecular formula is C8H8F3NOS. The van der Waals surface area contributed by atoms with Gasteiger partial charge in [-0.2, -0.15) is 13.2 Å². The summed E-state index contributed by atoms with van der Waals surface area (Å²) in [6.07, 6.45) is 0.156. The van der Waals surface area contributed by atoms with Crippen molar-refractivity contribution in [3.63, 3.8) is 0 Å². The summed E-state index contributed by atoms with van der Waals surface area (Å²) in [6.45, 7) is 0. The predicted octanol–water partition coefficient (Wildman–Crippen LogP) is 1.94. The normalized spacial score (nSPS) is 19.7. The first-order chi connectivity index (χ1) is 6.41. The highest BCUT2D eigenvalue weighted by Crippen LogP contribution is 2.28. The molecule has 0 saturated carbocycles. The second-order valence-corrected chi connectivity index (χ2v) is 3.70. The van der Waals surface area contributed by atoms with Crippen molar-refractivity contribution in [1.29, 1.82) is 0 Å². The minimum Gasteiger partial charge on any atom is -0.248 e. The van der Waals surface area contributed by atoms with Crippen LogP contribution >= 0.6 is 0 Å². The molecule has 1 aliphatic rings. The van der Waals surface area contributed by atoms with E-state index in [2.05, 4.69) is 0 Å². The molecule has 0 heterocycles. The summed E-state index contributed by atoms with van der Waals surface area (Å²) < 4.78 is 47.4. The number of alkyl halides is 3. The van der Waals surface area contributed by atoms with Crippen LogP contribution in [0, 0.1) is 0 Å². The third-order valence-electron chi connectivity index (χ3n) is 1.64. The Kier molecular flexibility index (Phi) is 3.28. The van der Waals surface area contributed by atoms with Gasteiger partial charge in [-0.1, -0.05) is 12.2 Å². The van der Waals surface area contributed by atoms with Crippen molar-refractivity contribution in [3.8, 4) is 0 Å². The van der Waals surface area contributed by atoms with Crippen LogP contribution in [0.15, 0.2) is 34.8 Å². The lowest BCUT2D eigenvalue weighted by Crippen LogP contribution is -2.09. The molecule has 2 nitrogen and oxygen atoms in total. The van der Waals surface area contributed by atoms with Crippen molar-refractivity contribution in [3.05, 3.63) is 34.8 Å². The Labute approximate surface area is 81.6 Å². The van der Waals surface area contributed by atoms with Gasteiger partial charge in [0.15, 0.2) is 0 Å². The molecule has 0 fully saturated rings. The molecular weight excluding hydrogens is 215 g/mol. The van der Waals surface area contributed by atoms with Crippen molar-refractivity contribution in [2.45, 2.75) is 12.6 Å². The number of halogens is 3. The van der Waals surface area contributed by atoms with Crippen molar-refractivity contribution in [2.24, 2.45) is 5.14 Å². The molecule has 1 atom stereocenters. The summed E-state index contributed by atoms with van der Waals surface area (Å²) in [5.74, 6) is 0. The summed E-state index contributed by atoms with van der Waals surface area (Å²) >= 11 is 0. The van der Waals surface area contributed by atoms with E-state index in [1.165, 1.54) is 6.08 Å². The van der Waals surface area contributed by atoms with Gasteiger partial charge in [-0.05, 0) is 18.6 Å². The molecule has 1 unspecified atom stereocenters. The standard InChI is InChI=1S/C8H8F3NOS/c9-8(10,11)6-2-1-3-7(5-4-6)14(12)13/h2-5H,1,12H2. The zero-order valence-corrected chi connectivity index (χ0v) is 7.86. The molecule has 14 heavy (non-hydrogen) atoms. The van der Waals surface area contributed by atoms with E-state index in [1.807, 2.05) is 0 Å². The molecule has 0 bridgehead atoms. The van der Waals surface area contributed by atoms with E-state index in [4.69, 9.17) is 5.14 Å². The number of allylic oxidation sites excluding steroid dienone is 5. The van der Waals surface area contributed by atoms with Crippen LogP contribution < -0.4 is 5.14 Å². The zero-order chi connectivity index (χ0) is 10.8. The summed E-state index contributed by atoms with van der Waals surface area (Å²) in [6, 6.07) is 0. The Bertz CT molecular complexity index is 341. The minimum atomic E-state index is -4.37. The molecule has 6 heteroatoms. The Morgan fingerprint density at radius 3 is 2.43 bits per heavy atom. The highest BCUT2D eigenvalue weighted by Gasteiger charge is 2.31. The molecule has 0 aromatic heterocycles. The Morgan fingerprint density at radius 2 is 1.93 bits per heavy atom. The third kappa shape index (κ3) is 2.81. The first kappa shape index (κ1) is 11.2. The fourth-order valence-corrected chi connectivity index (χ4v) is 1.43. The van der Waals surface area contributed by atoms with Crippen LogP contribution in [0.1, 0.15) is 6.42 Å². The maximum atomic E-state index is 12.2. The average molecular weight is 223 g/mol. The van der Waals surface area contributed by atoms with Gasteiger partial charge in [0.1, 0.15) is 11.0 Å². The second kappa shape index (κ2) is 4.10. The number of nitrogens with two attached hydrogens (primary N) is 1. The van der Waals surface area contributed by atoms with Gasteiger partial charge < -0.3 is 0 Å². The van der Waals surface area contributed by atoms with Crippen LogP contribution in [0.25, 0.3) is 0 Å². The fraction of sp³-hybridized carbons (Fsp3) is 0.250. The number of rotatable bonds is 1. The molecule has 1 rings (SSSR count). The molecule has 0 spiro atoms. The second-order valence-electron chi connectivity index (χ2n) is 2.63. The van der Waals surface area contributed by atoms with Crippen LogP contribution in [0.3, 0.4) is 0 Å². The quantitative estimate of drug-likeness (QED) is 0.725. The van der Waals surface area contributed by atoms with Crippen molar-refractivity contribution < 1.29 is 17.4 Å². The largest absolute Gasteiger partial charge is 0.416 e. The third-order valence-corrected chi connectivity index (χ3v) is 2.41. The van der Waals surface area contributed by atoms with Gasteiger partial charge in [-0.25, -0.2) is 9.35 Å². The highest BCUT2D eigenvalue weighted by molar-refractivity contribution is 7.86. The lowest BCUT2D eigenvalue weighted by Gasteiger charge is -2.05. The molecule has 2 N–H and O–H groups in total. The Morgan fingerprint density at radius 1 is 1.29 bits per heavy atom. The highest BCUT2D eigenvalue weighted by atomic mass is 32.2. The maximum Gasteiger partial charge on any atom is 0.416 e. The molecule has 0 aromatic carbocycles. The van der Waals surface area contributed by atoms with Crippen molar-refractivity contribution in [1.82, 2.24) is 0 Å². The average Bonchev–Trinajstić information content (AvgIpc) is 2.26. The predicted molar refractivity (Wildman–Crippen MR) is 48.3 cm³/mol. The van der Waals surface area contributed by atoms with E-state index in [9.17, 15) is 17.4 Å². The van der Waals surface area contributed by atoms with Gasteiger partial charge in [0.25, 0.3) is 0 Å². The van der Waals surface area contributed by atoms with Gasteiger partial charge in [0.2, 0.25) is 0 Å². The molecule has 1 aliphatic carbocycles. The van der Waals surface area contributed by atoms with E-state index in [0.717, 1.165) is 18.2 Å². The number of hydrogen-bond acceptors (Lipinski definition) is 1. The van der Waals surface area contributed by atoms with Gasteiger partial charge in [0.05, 0.1) is 10.5 Å². The first-order valence-corrected chi connectivity index (χ1v) is 4.94. The molecule has 0 radical (unpaired) electrons. The topological polar surface area (TPSA) is 43.1 Å². The van der Waals surface area contributed by atoms with Crippen LogP contribution in [0.2, 0.25) is 0 Å². The zero-order valence-electron chi connectivity index (χ0n) is 7.04. The maximum absolute atomic E-state index is 12.2. The van der Waals surface area contributed by atoms with Gasteiger partial charge >= 0.3 is 6.18 Å². The SMILES string of the molecule is NS(=O)C1=CCC=C(C(F)(F)F)C=C1. The van der Waals surface area contributed by atoms with Gasteiger partial charge in [-0.3, -0.25) is 0 Å². The van der Waals surface area contributed by atoms with E-state index in [1.54, 1.807) is 0 Å². The molecule has 78 valence electrons. The van der Waals surface area contributed by atoms with Crippen LogP contribution in [0.5, 0.6) is 0 Å². The van der Waals surface area contributed by atoms with Gasteiger partial charge in [0, 0.05) is 0 Å². The minimum absolute atomic E-state index is 0.0834. The smallest absolute Gasteiger partial charge is 0.248 e. The van der Waals surface area contributed by atoms with Crippen molar-refractivity contribution in [2.75, 3.05) is 0 Å². The van der Waals surface area contributed by atoms with Crippen LogP contribution in [-0.2, 0) is 11.0 Å². The lowest BCUT2D eigenvalue weighted by atomic mass is 10.2. The molecule has 0 saturated heterocycles. The molecule has 0 aliphatic heterocycles. The summed E-state index contributed by atoms with van der Waals surface area (Å²) in [5.41, 5.74) is -0.741. The summed E-state index contributed by atoms with van der Waals surface area (Å²) in [4.78, 5) is 0.209. The lowest BCUT2D eigenvalue weighted by molar-refractivity contribution is -0.0883. The van der Waals surface area contributed by atoms with E-state index in [0.29, 0.717) is 0 Å². The Balaban J connectivity index is 2.89. The summed E-state index contributed by atoms with van der Waals surface area (Å²) in [5, 5.41) is 5.04. The molecule has 0 amide bonds. The fourth-order valence-electron chi connectivity index (χ4n) is 0.969. The van der Waals surface area contributed by atoms with E-state index >= 15 is 0 Å². The molecule has 0 aromatic rings. The first-order valence-electron chi connectivity index (χ1n) is 3.73. The van der Waals surface area contributed by atoms with Gasteiger partial charge in [-0.15, -0.1) is 0 Å². The Hall–Kier alpha value is -0.880. The van der Waals surface area contributed by atoms with Crippen LogP contribution in [-0.4, -0.2) is 10.4 Å².